The predicted octanol–water partition coefficient (Wildman–Crippen LogP) is 2.93. The van der Waals surface area contributed by atoms with E-state index in [0.717, 1.165) is 18.2 Å². The predicted molar refractivity (Wildman–Crippen MR) is 75.7 cm³/mol. The summed E-state index contributed by atoms with van der Waals surface area (Å²) in [6.07, 6.45) is -4.74. The van der Waals surface area contributed by atoms with Gasteiger partial charge in [-0.2, -0.15) is 13.2 Å². The maximum absolute atomic E-state index is 14.2. The van der Waals surface area contributed by atoms with Crippen molar-refractivity contribution >= 4 is 11.6 Å². The molecule has 2 rings (SSSR count). The van der Waals surface area contributed by atoms with Crippen LogP contribution in [0.1, 0.15) is 17.2 Å². The van der Waals surface area contributed by atoms with Crippen molar-refractivity contribution in [3.8, 4) is 0 Å². The number of aliphatic hydroxyl groups excluding tert-OH is 1. The number of halogens is 6. The van der Waals surface area contributed by atoms with Crippen LogP contribution in [-0.4, -0.2) is 48.7 Å². The van der Waals surface area contributed by atoms with Gasteiger partial charge in [-0.05, 0) is 11.6 Å². The molecule has 130 valence electrons. The molecule has 2 N–H and O–H groups in total. The van der Waals surface area contributed by atoms with Crippen LogP contribution in [0.25, 0.3) is 0 Å². The minimum Gasteiger partial charge on any atom is -0.390 e. The molecule has 1 atom stereocenters. The van der Waals surface area contributed by atoms with Gasteiger partial charge < -0.3 is 10.4 Å². The summed E-state index contributed by atoms with van der Waals surface area (Å²) in [7, 11) is 0. The molecule has 1 aromatic rings. The average Bonchev–Trinajstić information content (AvgIpc) is 2.49. The first kappa shape index (κ1) is 18.4. The maximum Gasteiger partial charge on any atom is 0.417 e. The number of nitrogens with zero attached hydrogens (tertiary/aromatic N) is 1. The zero-order valence-electron chi connectivity index (χ0n) is 12.0. The quantitative estimate of drug-likeness (QED) is 0.812. The van der Waals surface area contributed by atoms with E-state index >= 15 is 0 Å². The SMILES string of the molecule is OCC(F)(F)[C@H](c1cccc(C(F)(F)F)c1Cl)N1CCNCC1. The minimum atomic E-state index is -4.74. The van der Waals surface area contributed by atoms with E-state index < -0.39 is 35.3 Å². The van der Waals surface area contributed by atoms with Crippen LogP contribution in [-0.2, 0) is 6.18 Å². The molecule has 1 aliphatic rings. The van der Waals surface area contributed by atoms with Gasteiger partial charge in [-0.3, -0.25) is 4.90 Å². The second-order valence-electron chi connectivity index (χ2n) is 5.31. The van der Waals surface area contributed by atoms with Gasteiger partial charge in [0.1, 0.15) is 12.6 Å². The zero-order chi connectivity index (χ0) is 17.3. The molecule has 0 aromatic heterocycles. The van der Waals surface area contributed by atoms with Crippen LogP contribution in [0.4, 0.5) is 22.0 Å². The molecule has 1 aromatic carbocycles. The molecule has 0 aliphatic carbocycles. The van der Waals surface area contributed by atoms with Crippen LogP contribution in [0.15, 0.2) is 18.2 Å². The Kier molecular flexibility index (Phi) is 5.50. The van der Waals surface area contributed by atoms with Gasteiger partial charge >= 0.3 is 6.18 Å². The van der Waals surface area contributed by atoms with Crippen molar-refractivity contribution in [3.63, 3.8) is 0 Å². The molecule has 0 unspecified atom stereocenters. The number of hydrogen-bond donors (Lipinski definition) is 2. The summed E-state index contributed by atoms with van der Waals surface area (Å²) in [5, 5.41) is 11.2. The standard InChI is InChI=1S/C14H16ClF5N2O/c15-11-9(2-1-3-10(11)14(18,19)20)12(13(16,17)8-23)22-6-4-21-5-7-22/h1-3,12,21,23H,4-8H2/t12-/m0/s1. The van der Waals surface area contributed by atoms with E-state index in [9.17, 15) is 22.0 Å². The van der Waals surface area contributed by atoms with Crippen LogP contribution >= 0.6 is 11.6 Å². The molecule has 1 fully saturated rings. The van der Waals surface area contributed by atoms with Crippen molar-refractivity contribution in [1.82, 2.24) is 10.2 Å². The van der Waals surface area contributed by atoms with E-state index in [1.54, 1.807) is 0 Å². The zero-order valence-corrected chi connectivity index (χ0v) is 12.8. The summed E-state index contributed by atoms with van der Waals surface area (Å²) >= 11 is 5.79. The van der Waals surface area contributed by atoms with Crippen molar-refractivity contribution in [2.45, 2.75) is 18.1 Å². The Morgan fingerprint density at radius 2 is 1.78 bits per heavy atom. The van der Waals surface area contributed by atoms with E-state index in [0.29, 0.717) is 13.1 Å². The number of hydrogen-bond acceptors (Lipinski definition) is 3. The topological polar surface area (TPSA) is 35.5 Å². The molecule has 9 heteroatoms. The molecule has 1 heterocycles. The van der Waals surface area contributed by atoms with Gasteiger partial charge in [-0.1, -0.05) is 23.7 Å². The van der Waals surface area contributed by atoms with E-state index in [1.165, 1.54) is 4.90 Å². The third-order valence-electron chi connectivity index (χ3n) is 3.76. The Balaban J connectivity index is 2.51. The fourth-order valence-corrected chi connectivity index (χ4v) is 3.03. The molecule has 0 saturated carbocycles. The van der Waals surface area contributed by atoms with Gasteiger partial charge in [0, 0.05) is 26.2 Å². The lowest BCUT2D eigenvalue weighted by Crippen LogP contribution is -2.51. The van der Waals surface area contributed by atoms with Crippen molar-refractivity contribution in [2.24, 2.45) is 0 Å². The normalized spacial score (nSPS) is 18.9. The third kappa shape index (κ3) is 3.93. The summed E-state index contributed by atoms with van der Waals surface area (Å²) in [5.74, 6) is -3.62. The van der Waals surface area contributed by atoms with E-state index in [-0.39, 0.29) is 18.7 Å². The number of aliphatic hydroxyl groups is 1. The second-order valence-corrected chi connectivity index (χ2v) is 5.69. The number of alkyl halides is 5. The number of nitrogens with one attached hydrogen (secondary N) is 1. The lowest BCUT2D eigenvalue weighted by atomic mass is 9.96. The fourth-order valence-electron chi connectivity index (χ4n) is 2.70. The molecule has 0 bridgehead atoms. The van der Waals surface area contributed by atoms with Gasteiger partial charge in [-0.25, -0.2) is 8.78 Å². The van der Waals surface area contributed by atoms with Crippen LogP contribution in [0.3, 0.4) is 0 Å². The third-order valence-corrected chi connectivity index (χ3v) is 4.18. The molecule has 0 spiro atoms. The summed E-state index contributed by atoms with van der Waals surface area (Å²) in [5.41, 5.74) is -1.49. The second kappa shape index (κ2) is 6.88. The van der Waals surface area contributed by atoms with Gasteiger partial charge in [0.2, 0.25) is 0 Å². The molecular formula is C14H16ClF5N2O. The smallest absolute Gasteiger partial charge is 0.390 e. The van der Waals surface area contributed by atoms with Crippen LogP contribution in [0.2, 0.25) is 5.02 Å². The lowest BCUT2D eigenvalue weighted by molar-refractivity contribution is -0.138. The molecule has 23 heavy (non-hydrogen) atoms. The molecule has 1 aliphatic heterocycles. The number of rotatable bonds is 4. The molecule has 3 nitrogen and oxygen atoms in total. The van der Waals surface area contributed by atoms with Crippen molar-refractivity contribution in [3.05, 3.63) is 34.3 Å². The largest absolute Gasteiger partial charge is 0.417 e. The van der Waals surface area contributed by atoms with Crippen LogP contribution < -0.4 is 5.32 Å². The fraction of sp³-hybridized carbons (Fsp3) is 0.571. The van der Waals surface area contributed by atoms with Crippen molar-refractivity contribution < 1.29 is 27.1 Å². The Bertz CT molecular complexity index is 546. The van der Waals surface area contributed by atoms with Gasteiger partial charge in [-0.15, -0.1) is 0 Å². The van der Waals surface area contributed by atoms with E-state index in [4.69, 9.17) is 16.7 Å². The summed E-state index contributed by atoms with van der Waals surface area (Å²) in [4.78, 5) is 1.34. The minimum absolute atomic E-state index is 0.215. The monoisotopic (exact) mass is 358 g/mol. The van der Waals surface area contributed by atoms with Gasteiger partial charge in [0.05, 0.1) is 10.6 Å². The molecule has 0 amide bonds. The van der Waals surface area contributed by atoms with Crippen LogP contribution in [0, 0.1) is 0 Å². The van der Waals surface area contributed by atoms with Gasteiger partial charge in [0.25, 0.3) is 5.92 Å². The van der Waals surface area contributed by atoms with Crippen LogP contribution in [0.5, 0.6) is 0 Å². The average molecular weight is 359 g/mol. The Hall–Kier alpha value is -0.960. The first-order valence-corrected chi connectivity index (χ1v) is 7.35. The van der Waals surface area contributed by atoms with Gasteiger partial charge in [0.15, 0.2) is 0 Å². The van der Waals surface area contributed by atoms with Crippen molar-refractivity contribution in [1.29, 1.82) is 0 Å². The number of piperazine rings is 1. The highest BCUT2D eigenvalue weighted by Crippen LogP contribution is 2.43. The van der Waals surface area contributed by atoms with E-state index in [2.05, 4.69) is 5.32 Å². The Morgan fingerprint density at radius 1 is 1.17 bits per heavy atom. The highest BCUT2D eigenvalue weighted by atomic mass is 35.5. The molecular weight excluding hydrogens is 343 g/mol. The first-order chi connectivity index (χ1) is 10.7. The molecule has 1 saturated heterocycles. The summed E-state index contributed by atoms with van der Waals surface area (Å²) in [6, 6.07) is 1.22. The molecule has 0 radical (unpaired) electrons. The lowest BCUT2D eigenvalue weighted by Gasteiger charge is -2.39. The van der Waals surface area contributed by atoms with Crippen molar-refractivity contribution in [2.75, 3.05) is 32.8 Å². The summed E-state index contributed by atoms with van der Waals surface area (Å²) in [6.45, 7) is -0.197. The number of benzene rings is 1. The van der Waals surface area contributed by atoms with E-state index in [1.807, 2.05) is 0 Å². The highest BCUT2D eigenvalue weighted by Gasteiger charge is 2.46. The Morgan fingerprint density at radius 3 is 2.30 bits per heavy atom. The Labute approximate surface area is 135 Å². The first-order valence-electron chi connectivity index (χ1n) is 6.97. The highest BCUT2D eigenvalue weighted by molar-refractivity contribution is 6.32. The maximum atomic E-state index is 14.2. The summed E-state index contributed by atoms with van der Waals surface area (Å²) < 4.78 is 67.4.